The average Bonchev–Trinajstić information content (AvgIpc) is 0.722. The Morgan fingerprint density at radius 1 is 1.12 bits per heavy atom. The van der Waals surface area contributed by atoms with E-state index >= 15 is 0 Å². The predicted octanol–water partition coefficient (Wildman–Crippen LogP) is -2.53. The zero-order chi connectivity index (χ0) is 4.50. The van der Waals surface area contributed by atoms with Gasteiger partial charge in [0.05, 0.1) is 0 Å². The molecule has 0 atom stereocenters. The van der Waals surface area contributed by atoms with Crippen molar-refractivity contribution in [1.29, 1.82) is 0 Å². The van der Waals surface area contributed by atoms with Crippen LogP contribution in [0.1, 0.15) is 0 Å². The summed E-state index contributed by atoms with van der Waals surface area (Å²) in [4.78, 5) is 0. The maximum absolute atomic E-state index is 9.30. The van der Waals surface area contributed by atoms with Crippen LogP contribution in [-0.2, 0) is 27.7 Å². The molecular formula is H6AuK3O3S. The van der Waals surface area contributed by atoms with E-state index in [-0.39, 0.29) is 154 Å². The molecule has 3 nitrogen and oxygen atoms in total. The predicted molar refractivity (Wildman–Crippen MR) is 36.2 cm³/mol. The van der Waals surface area contributed by atoms with Crippen molar-refractivity contribution in [2.45, 2.75) is 0 Å². The second kappa shape index (κ2) is 12.7. The van der Waals surface area contributed by atoms with Gasteiger partial charge in [0.25, 0.3) is 0 Å². The van der Waals surface area contributed by atoms with Crippen molar-refractivity contribution in [2.75, 3.05) is 0 Å². The van der Waals surface area contributed by atoms with Gasteiger partial charge < -0.3 is 0 Å². The van der Waals surface area contributed by atoms with Crippen LogP contribution in [0.25, 0.3) is 0 Å². The molecule has 0 aromatic heterocycles. The van der Waals surface area contributed by atoms with Crippen molar-refractivity contribution in [1.82, 2.24) is 0 Å². The summed E-state index contributed by atoms with van der Waals surface area (Å²) in [6.07, 6.45) is 0. The molecule has 0 heterocycles. The van der Waals surface area contributed by atoms with E-state index < -0.39 is 7.96 Å². The summed E-state index contributed by atoms with van der Waals surface area (Å²) in [6.45, 7) is 0. The Kier molecular flexibility index (Phi) is 37.4. The molecule has 0 aliphatic heterocycles. The molecule has 0 fully saturated rings. The summed E-state index contributed by atoms with van der Waals surface area (Å²) < 4.78 is 24.5. The Balaban J connectivity index is -0.0000000267. The molecule has 8 heteroatoms. The number of thiol groups is 1. The van der Waals surface area contributed by atoms with Crippen LogP contribution >= 0.6 is 0 Å². The molecule has 0 unspecified atom stereocenters. The second-order valence-electron chi connectivity index (χ2n) is 0.428. The summed E-state index contributed by atoms with van der Waals surface area (Å²) in [5.74, 6) is 0. The maximum atomic E-state index is 9.30. The van der Waals surface area contributed by atoms with Gasteiger partial charge in [-0.25, -0.2) is 0 Å². The first-order valence-electron chi connectivity index (χ1n) is 0.717. The third kappa shape index (κ3) is 41.2. The molecule has 0 rings (SSSR count). The van der Waals surface area contributed by atoms with Crippen LogP contribution in [0.4, 0.5) is 0 Å². The number of rotatable bonds is 0. The monoisotopic (exact) mass is 400 g/mol. The molecule has 0 amide bonds. The molecule has 0 saturated heterocycles. The molecule has 44 valence electrons. The number of hydrogen-bond acceptors (Lipinski definition) is 1. The molecule has 8 heavy (non-hydrogen) atoms. The van der Waals surface area contributed by atoms with Crippen LogP contribution in [0.5, 0.6) is 0 Å². The van der Waals surface area contributed by atoms with Crippen LogP contribution in [0.2, 0.25) is 0 Å². The Morgan fingerprint density at radius 3 is 1.12 bits per heavy atom. The van der Waals surface area contributed by atoms with E-state index in [9.17, 15) is 4.21 Å². The van der Waals surface area contributed by atoms with Gasteiger partial charge in [-0.05, 0) is 0 Å². The standard InChI is InChI=1S/Au.3K.H3O3S.3H/c;;;;1-4(2)3;;;/h;;;;4H,(H2,1,2,3);;;. The Hall–Kier alpha value is 5.72. The molecule has 0 bridgehead atoms. The van der Waals surface area contributed by atoms with Gasteiger partial charge in [-0.2, -0.15) is 0 Å². The van der Waals surface area contributed by atoms with Crippen molar-refractivity contribution in [3.63, 3.8) is 0 Å². The fourth-order valence-electron chi connectivity index (χ4n) is 0. The fourth-order valence-corrected chi connectivity index (χ4v) is 0. The minimum absolute atomic E-state index is 0. The van der Waals surface area contributed by atoms with Crippen LogP contribution < -0.4 is 0 Å². The average molecular weight is 400 g/mol. The van der Waals surface area contributed by atoms with Gasteiger partial charge in [0, 0.05) is 0 Å². The summed E-state index contributed by atoms with van der Waals surface area (Å²) in [5, 5.41) is 0. The molecule has 0 saturated carbocycles. The van der Waals surface area contributed by atoms with E-state index in [0.29, 0.717) is 0 Å². The van der Waals surface area contributed by atoms with Crippen LogP contribution in [0.3, 0.4) is 0 Å². The first-order valence-corrected chi connectivity index (χ1v) is 5.06. The van der Waals surface area contributed by atoms with E-state index in [2.05, 4.69) is 0 Å². The molecule has 2 N–H and O–H groups in total. The van der Waals surface area contributed by atoms with Crippen LogP contribution in [0, 0.1) is 0 Å². The topological polar surface area (TPSA) is 57.5 Å². The quantitative estimate of drug-likeness (QED) is 0.311. The molecule has 0 aliphatic carbocycles. The van der Waals surface area contributed by atoms with Gasteiger partial charge in [0.15, 0.2) is 0 Å². The molecule has 0 aromatic rings. The molecule has 0 aliphatic rings. The third-order valence-electron chi connectivity index (χ3n) is 0. The first kappa shape index (κ1) is 23.5. The van der Waals surface area contributed by atoms with E-state index in [1.807, 2.05) is 0 Å². The summed E-state index contributed by atoms with van der Waals surface area (Å²) >= 11 is 1.21. The summed E-state index contributed by atoms with van der Waals surface area (Å²) in [7, 11) is -3.69. The van der Waals surface area contributed by atoms with Crippen molar-refractivity contribution < 1.29 is 33.1 Å². The molecule has 0 aromatic carbocycles. The van der Waals surface area contributed by atoms with Crippen molar-refractivity contribution in [3.05, 3.63) is 0 Å². The SMILES string of the molecule is O=[SH](O)(O)[Au].[KH].[KH].[KH]. The Morgan fingerprint density at radius 2 is 1.12 bits per heavy atom. The van der Waals surface area contributed by atoms with Gasteiger partial charge >= 0.3 is 195 Å². The van der Waals surface area contributed by atoms with Gasteiger partial charge in [0.2, 0.25) is 0 Å². The molecule has 0 spiro atoms. The first-order chi connectivity index (χ1) is 2.00. The van der Waals surface area contributed by atoms with Gasteiger partial charge in [-0.15, -0.1) is 0 Å². The van der Waals surface area contributed by atoms with E-state index in [4.69, 9.17) is 9.11 Å². The number of hydrogen-bond donors (Lipinski definition) is 3. The van der Waals surface area contributed by atoms with E-state index in [1.165, 1.54) is 19.7 Å². The summed E-state index contributed by atoms with van der Waals surface area (Å²) in [6, 6.07) is 0. The minimum atomic E-state index is -3.69. The molecular weight excluding hydrogens is 394 g/mol. The third-order valence-corrected chi connectivity index (χ3v) is 0. The summed E-state index contributed by atoms with van der Waals surface area (Å²) in [5.41, 5.74) is 0. The van der Waals surface area contributed by atoms with Gasteiger partial charge in [0.1, 0.15) is 0 Å². The Bertz CT molecular complexity index is 60.7. The van der Waals surface area contributed by atoms with Crippen molar-refractivity contribution in [3.8, 4) is 0 Å². The molecule has 0 radical (unpaired) electrons. The van der Waals surface area contributed by atoms with E-state index in [1.54, 1.807) is 0 Å². The van der Waals surface area contributed by atoms with Gasteiger partial charge in [-0.1, -0.05) is 0 Å². The second-order valence-corrected chi connectivity index (χ2v) is 5.07. The van der Waals surface area contributed by atoms with Crippen LogP contribution in [0.15, 0.2) is 0 Å². The van der Waals surface area contributed by atoms with E-state index in [0.717, 1.165) is 0 Å². The zero-order valence-corrected chi connectivity index (χ0v) is 5.11. The van der Waals surface area contributed by atoms with Gasteiger partial charge in [-0.3, -0.25) is 0 Å². The zero-order valence-electron chi connectivity index (χ0n) is 2.05. The fraction of sp³-hybridized carbons (Fsp3) is 0. The van der Waals surface area contributed by atoms with Crippen LogP contribution in [-0.4, -0.2) is 167 Å². The van der Waals surface area contributed by atoms with Crippen molar-refractivity contribution in [2.24, 2.45) is 0 Å². The normalized spacial score (nSPS) is 9.50. The van der Waals surface area contributed by atoms with Crippen molar-refractivity contribution >= 4 is 162 Å². The Labute approximate surface area is 188 Å².